The monoisotopic (exact) mass is 273 g/mol. The van der Waals surface area contributed by atoms with Crippen LogP contribution in [0.3, 0.4) is 0 Å². The Hall–Kier alpha value is -2.56. The van der Waals surface area contributed by atoms with Crippen molar-refractivity contribution < 1.29 is 19.1 Å². The van der Waals surface area contributed by atoms with Gasteiger partial charge in [0.25, 0.3) is 5.91 Å². The largest absolute Gasteiger partial charge is 0.481 e. The number of aliphatic carboxylic acids is 1. The van der Waals surface area contributed by atoms with E-state index in [1.165, 1.54) is 11.2 Å². The van der Waals surface area contributed by atoms with Crippen LogP contribution in [0.25, 0.3) is 0 Å². The van der Waals surface area contributed by atoms with Gasteiger partial charge in [-0.05, 0) is 25.1 Å². The average Bonchev–Trinajstić information content (AvgIpc) is 2.86. The van der Waals surface area contributed by atoms with E-state index in [0.29, 0.717) is 17.0 Å². The number of hydrogen-bond donors (Lipinski definition) is 1. The molecule has 2 aromatic rings. The first kappa shape index (κ1) is 13.9. The highest BCUT2D eigenvalue weighted by Gasteiger charge is 2.20. The summed E-state index contributed by atoms with van der Waals surface area (Å²) in [6, 6.07) is 10.6. The van der Waals surface area contributed by atoms with Crippen LogP contribution in [0.5, 0.6) is 0 Å². The van der Waals surface area contributed by atoms with Gasteiger partial charge in [-0.2, -0.15) is 0 Å². The summed E-state index contributed by atoms with van der Waals surface area (Å²) in [5.74, 6) is -0.573. The Bertz CT molecular complexity index is 603. The summed E-state index contributed by atoms with van der Waals surface area (Å²) in [4.78, 5) is 24.6. The second-order valence-corrected chi connectivity index (χ2v) is 4.38. The zero-order chi connectivity index (χ0) is 14.5. The lowest BCUT2D eigenvalue weighted by molar-refractivity contribution is -0.136. The predicted molar refractivity (Wildman–Crippen MR) is 73.8 cm³/mol. The molecule has 0 bridgehead atoms. The van der Waals surface area contributed by atoms with E-state index < -0.39 is 5.97 Å². The van der Waals surface area contributed by atoms with Gasteiger partial charge in [-0.25, -0.2) is 0 Å². The van der Waals surface area contributed by atoms with Crippen LogP contribution >= 0.6 is 0 Å². The number of carbonyl (C=O) groups excluding carboxylic acids is 1. The molecule has 104 valence electrons. The standard InChI is InChI=1S/C15H15NO4/c1-11-9-12(10-20-11)15(19)16(8-7-14(17)18)13-5-3-2-4-6-13/h2-6,9-10H,7-8H2,1H3,(H,17,18). The highest BCUT2D eigenvalue weighted by atomic mass is 16.4. The van der Waals surface area contributed by atoms with Gasteiger partial charge in [0, 0.05) is 12.2 Å². The lowest BCUT2D eigenvalue weighted by atomic mass is 10.2. The Kier molecular flexibility index (Phi) is 4.20. The molecule has 0 aliphatic carbocycles. The van der Waals surface area contributed by atoms with E-state index in [-0.39, 0.29) is 18.9 Å². The third kappa shape index (κ3) is 3.26. The van der Waals surface area contributed by atoms with Crippen molar-refractivity contribution in [3.05, 3.63) is 54.0 Å². The molecular weight excluding hydrogens is 258 g/mol. The van der Waals surface area contributed by atoms with Crippen LogP contribution in [-0.4, -0.2) is 23.5 Å². The maximum atomic E-state index is 12.4. The number of carboxylic acid groups (broad SMARTS) is 1. The first-order valence-electron chi connectivity index (χ1n) is 6.22. The molecular formula is C15H15NO4. The van der Waals surface area contributed by atoms with Crippen LogP contribution in [0.1, 0.15) is 22.5 Å². The van der Waals surface area contributed by atoms with Crippen LogP contribution in [0.4, 0.5) is 5.69 Å². The molecule has 0 saturated heterocycles. The maximum absolute atomic E-state index is 12.4. The third-order valence-corrected chi connectivity index (χ3v) is 2.84. The number of anilines is 1. The number of carbonyl (C=O) groups is 2. The smallest absolute Gasteiger partial charge is 0.305 e. The molecule has 0 radical (unpaired) electrons. The SMILES string of the molecule is Cc1cc(C(=O)N(CCC(=O)O)c2ccccc2)co1. The number of aryl methyl sites for hydroxylation is 1. The average molecular weight is 273 g/mol. The Labute approximate surface area is 116 Å². The molecule has 0 saturated carbocycles. The van der Waals surface area contributed by atoms with E-state index in [1.54, 1.807) is 37.3 Å². The molecule has 0 aliphatic rings. The van der Waals surface area contributed by atoms with Crippen molar-refractivity contribution in [3.63, 3.8) is 0 Å². The molecule has 0 atom stereocenters. The minimum absolute atomic E-state index is 0.113. The normalized spacial score (nSPS) is 10.2. The lowest BCUT2D eigenvalue weighted by Crippen LogP contribution is -2.32. The van der Waals surface area contributed by atoms with Crippen LogP contribution in [0, 0.1) is 6.92 Å². The molecule has 1 aromatic heterocycles. The number of carboxylic acids is 1. The fourth-order valence-corrected chi connectivity index (χ4v) is 1.87. The third-order valence-electron chi connectivity index (χ3n) is 2.84. The van der Waals surface area contributed by atoms with E-state index >= 15 is 0 Å². The van der Waals surface area contributed by atoms with E-state index in [2.05, 4.69) is 0 Å². The molecule has 5 heteroatoms. The molecule has 5 nitrogen and oxygen atoms in total. The summed E-state index contributed by atoms with van der Waals surface area (Å²) in [6.07, 6.45) is 1.27. The van der Waals surface area contributed by atoms with E-state index in [9.17, 15) is 9.59 Å². The van der Waals surface area contributed by atoms with Crippen molar-refractivity contribution >= 4 is 17.6 Å². The quantitative estimate of drug-likeness (QED) is 0.909. The fourth-order valence-electron chi connectivity index (χ4n) is 1.87. The van der Waals surface area contributed by atoms with E-state index in [4.69, 9.17) is 9.52 Å². The van der Waals surface area contributed by atoms with Gasteiger partial charge in [0.1, 0.15) is 12.0 Å². The summed E-state index contributed by atoms with van der Waals surface area (Å²) < 4.78 is 5.13. The number of rotatable bonds is 5. The van der Waals surface area contributed by atoms with Crippen molar-refractivity contribution in [3.8, 4) is 0 Å². The van der Waals surface area contributed by atoms with Gasteiger partial charge >= 0.3 is 5.97 Å². The van der Waals surface area contributed by atoms with Gasteiger partial charge in [0.2, 0.25) is 0 Å². The fraction of sp³-hybridized carbons (Fsp3) is 0.200. The molecule has 1 heterocycles. The van der Waals surface area contributed by atoms with Gasteiger partial charge in [-0.15, -0.1) is 0 Å². The Morgan fingerprint density at radius 1 is 1.25 bits per heavy atom. The second-order valence-electron chi connectivity index (χ2n) is 4.38. The summed E-state index contributed by atoms with van der Waals surface area (Å²) in [5.41, 5.74) is 1.08. The van der Waals surface area contributed by atoms with E-state index in [0.717, 1.165) is 0 Å². The molecule has 1 N–H and O–H groups in total. The number of hydrogen-bond acceptors (Lipinski definition) is 3. The second kappa shape index (κ2) is 6.06. The van der Waals surface area contributed by atoms with Gasteiger partial charge in [0.15, 0.2) is 0 Å². The highest BCUT2D eigenvalue weighted by molar-refractivity contribution is 6.06. The Morgan fingerprint density at radius 3 is 2.50 bits per heavy atom. The zero-order valence-corrected chi connectivity index (χ0v) is 11.1. The van der Waals surface area contributed by atoms with Gasteiger partial charge in [-0.3, -0.25) is 9.59 Å². The molecule has 0 spiro atoms. The number of furan rings is 1. The van der Waals surface area contributed by atoms with Crippen LogP contribution in [0.2, 0.25) is 0 Å². The minimum Gasteiger partial charge on any atom is -0.481 e. The van der Waals surface area contributed by atoms with Gasteiger partial charge < -0.3 is 14.4 Å². The topological polar surface area (TPSA) is 70.8 Å². The molecule has 0 unspecified atom stereocenters. The Morgan fingerprint density at radius 2 is 1.95 bits per heavy atom. The summed E-state index contributed by atoms with van der Waals surface area (Å²) in [7, 11) is 0. The molecule has 2 rings (SSSR count). The lowest BCUT2D eigenvalue weighted by Gasteiger charge is -2.21. The number of nitrogens with zero attached hydrogens (tertiary/aromatic N) is 1. The summed E-state index contributed by atoms with van der Waals surface area (Å²) >= 11 is 0. The minimum atomic E-state index is -0.942. The number of para-hydroxylation sites is 1. The van der Waals surface area contributed by atoms with Crippen molar-refractivity contribution in [2.45, 2.75) is 13.3 Å². The summed E-state index contributed by atoms with van der Waals surface area (Å²) in [5, 5.41) is 8.81. The van der Waals surface area contributed by atoms with Crippen molar-refractivity contribution in [1.82, 2.24) is 0 Å². The first-order chi connectivity index (χ1) is 9.58. The van der Waals surface area contributed by atoms with Crippen molar-refractivity contribution in [2.75, 3.05) is 11.4 Å². The molecule has 20 heavy (non-hydrogen) atoms. The highest BCUT2D eigenvalue weighted by Crippen LogP contribution is 2.18. The molecule has 1 amide bonds. The molecule has 0 aliphatic heterocycles. The van der Waals surface area contributed by atoms with Crippen molar-refractivity contribution in [2.24, 2.45) is 0 Å². The first-order valence-corrected chi connectivity index (χ1v) is 6.22. The van der Waals surface area contributed by atoms with Crippen LogP contribution in [-0.2, 0) is 4.79 Å². The predicted octanol–water partition coefficient (Wildman–Crippen LogP) is 2.71. The van der Waals surface area contributed by atoms with E-state index in [1.807, 2.05) is 6.07 Å². The number of amides is 1. The Balaban J connectivity index is 2.26. The molecule has 0 fully saturated rings. The van der Waals surface area contributed by atoms with Crippen LogP contribution in [0.15, 0.2) is 47.1 Å². The molecule has 1 aromatic carbocycles. The van der Waals surface area contributed by atoms with Gasteiger partial charge in [-0.1, -0.05) is 18.2 Å². The summed E-state index contributed by atoms with van der Waals surface area (Å²) in [6.45, 7) is 1.86. The maximum Gasteiger partial charge on any atom is 0.305 e. The van der Waals surface area contributed by atoms with Gasteiger partial charge in [0.05, 0.1) is 12.0 Å². The van der Waals surface area contributed by atoms with Crippen molar-refractivity contribution in [1.29, 1.82) is 0 Å². The number of benzene rings is 1. The zero-order valence-electron chi connectivity index (χ0n) is 11.1. The van der Waals surface area contributed by atoms with Crippen LogP contribution < -0.4 is 4.90 Å².